The summed E-state index contributed by atoms with van der Waals surface area (Å²) < 4.78 is 6.82. The molecule has 6 heteroatoms. The number of amides is 1. The van der Waals surface area contributed by atoms with E-state index in [-0.39, 0.29) is 29.3 Å². The van der Waals surface area contributed by atoms with E-state index in [1.165, 1.54) is 10.8 Å². The second-order valence-corrected chi connectivity index (χ2v) is 4.51. The van der Waals surface area contributed by atoms with E-state index >= 15 is 0 Å². The Labute approximate surface area is 105 Å². The van der Waals surface area contributed by atoms with Gasteiger partial charge in [0.05, 0.1) is 12.0 Å². The van der Waals surface area contributed by atoms with Crippen molar-refractivity contribution in [3.05, 3.63) is 22.7 Å². The summed E-state index contributed by atoms with van der Waals surface area (Å²) in [4.78, 5) is 27.7. The maximum Gasteiger partial charge on any atom is 0.293 e. The van der Waals surface area contributed by atoms with Crippen LogP contribution in [0.3, 0.4) is 0 Å². The average molecular weight is 251 g/mol. The van der Waals surface area contributed by atoms with Crippen LogP contribution in [-0.4, -0.2) is 28.2 Å². The average Bonchev–Trinajstić information content (AvgIpc) is 2.35. The van der Waals surface area contributed by atoms with Crippen LogP contribution in [0.25, 0.3) is 0 Å². The molecule has 1 saturated heterocycles. The first-order chi connectivity index (χ1) is 8.59. The molecule has 2 atom stereocenters. The Morgan fingerprint density at radius 2 is 2.39 bits per heavy atom. The molecule has 1 aliphatic rings. The van der Waals surface area contributed by atoms with Gasteiger partial charge in [0.1, 0.15) is 0 Å². The number of nitrogens with one attached hydrogen (secondary N) is 1. The van der Waals surface area contributed by atoms with E-state index in [9.17, 15) is 9.59 Å². The standard InChI is InChI=1S/C12H17N3O3/c1-8-9(4-3-7-18-8)11(16)14-10-12(17)15(2)6-5-13-10/h5-6,8-9H,3-4,7H2,1-2H3,(H,13,14,16). The molecule has 6 nitrogen and oxygen atoms in total. The van der Waals surface area contributed by atoms with Gasteiger partial charge in [0.15, 0.2) is 5.82 Å². The van der Waals surface area contributed by atoms with Crippen LogP contribution in [0.5, 0.6) is 0 Å². The third-order valence-electron chi connectivity index (χ3n) is 3.20. The van der Waals surface area contributed by atoms with Crippen molar-refractivity contribution in [2.24, 2.45) is 13.0 Å². The van der Waals surface area contributed by atoms with Gasteiger partial charge in [0.2, 0.25) is 5.91 Å². The number of aromatic nitrogens is 2. The summed E-state index contributed by atoms with van der Waals surface area (Å²) >= 11 is 0. The number of nitrogens with zero attached hydrogens (tertiary/aromatic N) is 2. The second-order valence-electron chi connectivity index (χ2n) is 4.51. The van der Waals surface area contributed by atoms with Crippen LogP contribution in [0.15, 0.2) is 17.2 Å². The molecule has 1 aromatic heterocycles. The van der Waals surface area contributed by atoms with E-state index < -0.39 is 0 Å². The number of anilines is 1. The highest BCUT2D eigenvalue weighted by molar-refractivity contribution is 5.91. The smallest absolute Gasteiger partial charge is 0.293 e. The Balaban J connectivity index is 2.11. The second kappa shape index (κ2) is 5.30. The van der Waals surface area contributed by atoms with Crippen LogP contribution in [0.2, 0.25) is 0 Å². The molecule has 0 spiro atoms. The summed E-state index contributed by atoms with van der Waals surface area (Å²) in [6, 6.07) is 0. The summed E-state index contributed by atoms with van der Waals surface area (Å²) in [5.41, 5.74) is -0.310. The molecule has 1 fully saturated rings. The lowest BCUT2D eigenvalue weighted by atomic mass is 9.94. The van der Waals surface area contributed by atoms with Gasteiger partial charge < -0.3 is 14.6 Å². The van der Waals surface area contributed by atoms with Crippen molar-refractivity contribution in [2.75, 3.05) is 11.9 Å². The zero-order valence-corrected chi connectivity index (χ0v) is 10.5. The maximum atomic E-state index is 12.1. The summed E-state index contributed by atoms with van der Waals surface area (Å²) in [7, 11) is 1.62. The third kappa shape index (κ3) is 2.59. The first kappa shape index (κ1) is 12.8. The minimum absolute atomic E-state index is 0.0720. The highest BCUT2D eigenvalue weighted by Gasteiger charge is 2.29. The van der Waals surface area contributed by atoms with Gasteiger partial charge in [-0.3, -0.25) is 9.59 Å². The molecular weight excluding hydrogens is 234 g/mol. The van der Waals surface area contributed by atoms with Gasteiger partial charge >= 0.3 is 0 Å². The monoisotopic (exact) mass is 251 g/mol. The van der Waals surface area contributed by atoms with Gasteiger partial charge in [-0.15, -0.1) is 0 Å². The molecule has 0 aliphatic carbocycles. The Bertz CT molecular complexity index is 498. The lowest BCUT2D eigenvalue weighted by molar-refractivity contribution is -0.127. The molecule has 0 radical (unpaired) electrons. The van der Waals surface area contributed by atoms with Gasteiger partial charge in [-0.25, -0.2) is 4.98 Å². The van der Waals surface area contributed by atoms with Crippen LogP contribution in [0.4, 0.5) is 5.82 Å². The maximum absolute atomic E-state index is 12.1. The Morgan fingerprint density at radius 1 is 1.61 bits per heavy atom. The molecule has 2 unspecified atom stereocenters. The first-order valence-corrected chi connectivity index (χ1v) is 6.03. The topological polar surface area (TPSA) is 73.2 Å². The first-order valence-electron chi connectivity index (χ1n) is 6.03. The fraction of sp³-hybridized carbons (Fsp3) is 0.583. The Morgan fingerprint density at radius 3 is 3.11 bits per heavy atom. The van der Waals surface area contributed by atoms with Crippen molar-refractivity contribution >= 4 is 11.7 Å². The molecule has 18 heavy (non-hydrogen) atoms. The van der Waals surface area contributed by atoms with E-state index in [2.05, 4.69) is 10.3 Å². The van der Waals surface area contributed by atoms with E-state index in [1.54, 1.807) is 13.2 Å². The Kier molecular flexibility index (Phi) is 3.76. The summed E-state index contributed by atoms with van der Waals surface area (Å²) in [6.07, 6.45) is 4.55. The van der Waals surface area contributed by atoms with Crippen molar-refractivity contribution in [3.8, 4) is 0 Å². The molecule has 2 rings (SSSR count). The number of rotatable bonds is 2. The fourth-order valence-electron chi connectivity index (χ4n) is 2.06. The number of hydrogen-bond acceptors (Lipinski definition) is 4. The van der Waals surface area contributed by atoms with Crippen molar-refractivity contribution in [2.45, 2.75) is 25.9 Å². The number of carbonyl (C=O) groups excluding carboxylic acids is 1. The molecule has 0 saturated carbocycles. The van der Waals surface area contributed by atoms with Gasteiger partial charge in [0.25, 0.3) is 5.56 Å². The zero-order valence-electron chi connectivity index (χ0n) is 10.5. The van der Waals surface area contributed by atoms with Gasteiger partial charge in [-0.05, 0) is 19.8 Å². The van der Waals surface area contributed by atoms with Gasteiger partial charge in [-0.2, -0.15) is 0 Å². The molecule has 98 valence electrons. The van der Waals surface area contributed by atoms with Crippen LogP contribution < -0.4 is 10.9 Å². The third-order valence-corrected chi connectivity index (χ3v) is 3.20. The molecule has 1 aromatic rings. The van der Waals surface area contributed by atoms with Crippen LogP contribution >= 0.6 is 0 Å². The van der Waals surface area contributed by atoms with Crippen molar-refractivity contribution in [1.29, 1.82) is 0 Å². The van der Waals surface area contributed by atoms with Crippen molar-refractivity contribution in [1.82, 2.24) is 9.55 Å². The summed E-state index contributed by atoms with van der Waals surface area (Å²) in [5.74, 6) is -0.341. The van der Waals surface area contributed by atoms with Gasteiger partial charge in [-0.1, -0.05) is 0 Å². The van der Waals surface area contributed by atoms with Crippen LogP contribution in [-0.2, 0) is 16.6 Å². The van der Waals surface area contributed by atoms with Crippen molar-refractivity contribution < 1.29 is 9.53 Å². The highest BCUT2D eigenvalue weighted by Crippen LogP contribution is 2.21. The zero-order chi connectivity index (χ0) is 13.1. The predicted octanol–water partition coefficient (Wildman–Crippen LogP) is 0.534. The predicted molar refractivity (Wildman–Crippen MR) is 66.2 cm³/mol. The lowest BCUT2D eigenvalue weighted by Gasteiger charge is -2.27. The number of carbonyl (C=O) groups is 1. The number of aryl methyl sites for hydroxylation is 1. The van der Waals surface area contributed by atoms with Crippen LogP contribution in [0.1, 0.15) is 19.8 Å². The van der Waals surface area contributed by atoms with E-state index in [0.717, 1.165) is 12.8 Å². The van der Waals surface area contributed by atoms with Crippen LogP contribution in [0, 0.1) is 5.92 Å². The minimum atomic E-state index is -0.310. The molecular formula is C12H17N3O3. The molecule has 1 N–H and O–H groups in total. The quantitative estimate of drug-likeness (QED) is 0.832. The molecule has 2 heterocycles. The highest BCUT2D eigenvalue weighted by atomic mass is 16.5. The van der Waals surface area contributed by atoms with E-state index in [4.69, 9.17) is 4.74 Å². The van der Waals surface area contributed by atoms with Gasteiger partial charge in [0, 0.05) is 26.0 Å². The fourth-order valence-corrected chi connectivity index (χ4v) is 2.06. The summed E-state index contributed by atoms with van der Waals surface area (Å²) in [5, 5.41) is 2.59. The lowest BCUT2D eigenvalue weighted by Crippen LogP contribution is -2.38. The largest absolute Gasteiger partial charge is 0.378 e. The summed E-state index contributed by atoms with van der Waals surface area (Å²) in [6.45, 7) is 2.57. The molecule has 0 aromatic carbocycles. The minimum Gasteiger partial charge on any atom is -0.378 e. The molecule has 1 aliphatic heterocycles. The molecule has 1 amide bonds. The van der Waals surface area contributed by atoms with E-state index in [1.807, 2.05) is 6.92 Å². The number of ether oxygens (including phenoxy) is 1. The Hall–Kier alpha value is -1.69. The SMILES string of the molecule is CC1OCCCC1C(=O)Nc1nccn(C)c1=O. The number of hydrogen-bond donors (Lipinski definition) is 1. The van der Waals surface area contributed by atoms with Crippen molar-refractivity contribution in [3.63, 3.8) is 0 Å². The van der Waals surface area contributed by atoms with E-state index in [0.29, 0.717) is 6.61 Å². The molecule has 0 bridgehead atoms. The normalized spacial score (nSPS) is 23.7.